The summed E-state index contributed by atoms with van der Waals surface area (Å²) >= 11 is 5.99. The largest absolute Gasteiger partial charge is 0.453 e. The Morgan fingerprint density at radius 1 is 1.53 bits per heavy atom. The number of furan rings is 1. The van der Waals surface area contributed by atoms with Crippen molar-refractivity contribution in [2.75, 3.05) is 7.05 Å². The van der Waals surface area contributed by atoms with Crippen LogP contribution in [-0.4, -0.2) is 7.05 Å². The first-order chi connectivity index (χ1) is 7.31. The van der Waals surface area contributed by atoms with E-state index in [1.807, 2.05) is 13.1 Å². The molecule has 1 atom stereocenters. The maximum absolute atomic E-state index is 5.99. The van der Waals surface area contributed by atoms with E-state index >= 15 is 0 Å². The predicted octanol–water partition coefficient (Wildman–Crippen LogP) is 3.77. The minimum atomic E-state index is 0.347. The minimum Gasteiger partial charge on any atom is -0.453 e. The van der Waals surface area contributed by atoms with E-state index in [9.17, 15) is 0 Å². The second-order valence-corrected chi connectivity index (χ2v) is 4.72. The summed E-state index contributed by atoms with van der Waals surface area (Å²) in [7, 11) is 1.99. The van der Waals surface area contributed by atoms with Crippen molar-refractivity contribution in [3.63, 3.8) is 0 Å². The number of rotatable bonds is 4. The lowest BCUT2D eigenvalue weighted by molar-refractivity contribution is 0.411. The molecular formula is C12H18ClNO. The molecule has 1 aliphatic carbocycles. The molecule has 1 fully saturated rings. The minimum absolute atomic E-state index is 0.347. The average Bonchev–Trinajstić information content (AvgIpc) is 2.85. The molecule has 0 bridgehead atoms. The Balaban J connectivity index is 2.00. The fraction of sp³-hybridized carbons (Fsp3) is 0.667. The monoisotopic (exact) mass is 227 g/mol. The Bertz CT molecular complexity index is 304. The van der Waals surface area contributed by atoms with Gasteiger partial charge >= 0.3 is 0 Å². The Morgan fingerprint density at radius 3 is 2.80 bits per heavy atom. The third-order valence-electron chi connectivity index (χ3n) is 3.41. The second-order valence-electron chi connectivity index (χ2n) is 4.38. The zero-order valence-corrected chi connectivity index (χ0v) is 9.89. The van der Waals surface area contributed by atoms with Crippen molar-refractivity contribution in [2.24, 2.45) is 5.92 Å². The lowest BCUT2D eigenvalue weighted by Crippen LogP contribution is -2.18. The molecule has 15 heavy (non-hydrogen) atoms. The Morgan fingerprint density at radius 2 is 2.27 bits per heavy atom. The molecule has 2 rings (SSSR count). The van der Waals surface area contributed by atoms with Crippen molar-refractivity contribution >= 4 is 11.6 Å². The first-order valence-corrected chi connectivity index (χ1v) is 6.09. The smallest absolute Gasteiger partial charge is 0.197 e. The molecule has 2 nitrogen and oxygen atoms in total. The van der Waals surface area contributed by atoms with Crippen molar-refractivity contribution in [3.05, 3.63) is 23.1 Å². The molecule has 1 aromatic heterocycles. The predicted molar refractivity (Wildman–Crippen MR) is 62.1 cm³/mol. The third-order valence-corrected chi connectivity index (χ3v) is 3.72. The summed E-state index contributed by atoms with van der Waals surface area (Å²) in [4.78, 5) is 0. The molecule has 1 aliphatic rings. The molecular weight excluding hydrogens is 210 g/mol. The van der Waals surface area contributed by atoms with Gasteiger partial charge in [-0.3, -0.25) is 0 Å². The summed E-state index contributed by atoms with van der Waals surface area (Å²) in [6, 6.07) is 2.32. The summed E-state index contributed by atoms with van der Waals surface area (Å²) in [6.45, 7) is 0. The van der Waals surface area contributed by atoms with Crippen molar-refractivity contribution in [2.45, 2.75) is 38.1 Å². The SMILES string of the molecule is CNC(CC1CCCC1)c1ccoc1Cl. The highest BCUT2D eigenvalue weighted by Crippen LogP contribution is 2.35. The molecule has 0 amide bonds. The summed E-state index contributed by atoms with van der Waals surface area (Å²) in [5.74, 6) is 0.855. The van der Waals surface area contributed by atoms with Crippen LogP contribution in [0.15, 0.2) is 16.7 Å². The van der Waals surface area contributed by atoms with Gasteiger partial charge in [0.25, 0.3) is 0 Å². The van der Waals surface area contributed by atoms with Crippen molar-refractivity contribution < 1.29 is 4.42 Å². The zero-order valence-electron chi connectivity index (χ0n) is 9.13. The van der Waals surface area contributed by atoms with E-state index in [0.717, 1.165) is 11.5 Å². The molecule has 1 N–H and O–H groups in total. The summed E-state index contributed by atoms with van der Waals surface area (Å²) in [5.41, 5.74) is 1.10. The Hall–Kier alpha value is -0.470. The van der Waals surface area contributed by atoms with E-state index < -0.39 is 0 Å². The van der Waals surface area contributed by atoms with E-state index in [-0.39, 0.29) is 0 Å². The summed E-state index contributed by atoms with van der Waals surface area (Å²) < 4.78 is 5.14. The van der Waals surface area contributed by atoms with Gasteiger partial charge in [0.2, 0.25) is 0 Å². The highest BCUT2D eigenvalue weighted by atomic mass is 35.5. The fourth-order valence-electron chi connectivity index (χ4n) is 2.53. The van der Waals surface area contributed by atoms with Crippen LogP contribution in [-0.2, 0) is 0 Å². The van der Waals surface area contributed by atoms with E-state index in [1.54, 1.807) is 6.26 Å². The van der Waals surface area contributed by atoms with Gasteiger partial charge in [0, 0.05) is 11.6 Å². The van der Waals surface area contributed by atoms with Crippen LogP contribution in [0.5, 0.6) is 0 Å². The Kier molecular flexibility index (Phi) is 3.71. The molecule has 0 aliphatic heterocycles. The van der Waals surface area contributed by atoms with Crippen LogP contribution in [0.2, 0.25) is 5.22 Å². The standard InChI is InChI=1S/C12H18ClNO/c1-14-11(8-9-4-2-3-5-9)10-6-7-15-12(10)13/h6-7,9,11,14H,2-5,8H2,1H3. The molecule has 0 saturated heterocycles. The van der Waals surface area contributed by atoms with Gasteiger partial charge in [-0.2, -0.15) is 0 Å². The quantitative estimate of drug-likeness (QED) is 0.847. The van der Waals surface area contributed by atoms with Crippen LogP contribution in [0.1, 0.15) is 43.7 Å². The van der Waals surface area contributed by atoms with Gasteiger partial charge in [0.05, 0.1) is 6.26 Å². The number of halogens is 1. The first kappa shape index (κ1) is 11.0. The molecule has 1 unspecified atom stereocenters. The molecule has 1 saturated carbocycles. The van der Waals surface area contributed by atoms with Crippen molar-refractivity contribution in [1.82, 2.24) is 5.32 Å². The van der Waals surface area contributed by atoms with Gasteiger partial charge in [-0.25, -0.2) is 0 Å². The number of hydrogen-bond acceptors (Lipinski definition) is 2. The maximum atomic E-state index is 5.99. The van der Waals surface area contributed by atoms with E-state index in [2.05, 4.69) is 5.32 Å². The van der Waals surface area contributed by atoms with Crippen LogP contribution >= 0.6 is 11.6 Å². The van der Waals surface area contributed by atoms with Gasteiger partial charge in [0.15, 0.2) is 5.22 Å². The highest BCUT2D eigenvalue weighted by Gasteiger charge is 2.22. The first-order valence-electron chi connectivity index (χ1n) is 5.71. The van der Waals surface area contributed by atoms with Gasteiger partial charge in [-0.15, -0.1) is 0 Å². The van der Waals surface area contributed by atoms with Crippen LogP contribution < -0.4 is 5.32 Å². The molecule has 0 spiro atoms. The van der Waals surface area contributed by atoms with Crippen LogP contribution in [0.3, 0.4) is 0 Å². The van der Waals surface area contributed by atoms with Crippen molar-refractivity contribution in [1.29, 1.82) is 0 Å². The summed E-state index contributed by atoms with van der Waals surface area (Å²) in [6.07, 6.45) is 8.36. The molecule has 0 radical (unpaired) electrons. The second kappa shape index (κ2) is 5.04. The topological polar surface area (TPSA) is 25.2 Å². The average molecular weight is 228 g/mol. The number of hydrogen-bond donors (Lipinski definition) is 1. The van der Waals surface area contributed by atoms with Crippen LogP contribution in [0.4, 0.5) is 0 Å². The van der Waals surface area contributed by atoms with Gasteiger partial charge in [-0.1, -0.05) is 25.7 Å². The maximum Gasteiger partial charge on any atom is 0.197 e. The van der Waals surface area contributed by atoms with Gasteiger partial charge < -0.3 is 9.73 Å². The van der Waals surface area contributed by atoms with E-state index in [4.69, 9.17) is 16.0 Å². The van der Waals surface area contributed by atoms with Crippen LogP contribution in [0, 0.1) is 5.92 Å². The lowest BCUT2D eigenvalue weighted by Gasteiger charge is -2.19. The van der Waals surface area contributed by atoms with Gasteiger partial charge in [0.1, 0.15) is 0 Å². The van der Waals surface area contributed by atoms with E-state index in [1.165, 1.54) is 32.1 Å². The highest BCUT2D eigenvalue weighted by molar-refractivity contribution is 6.29. The summed E-state index contributed by atoms with van der Waals surface area (Å²) in [5, 5.41) is 3.86. The van der Waals surface area contributed by atoms with Crippen LogP contribution in [0.25, 0.3) is 0 Å². The Labute approximate surface area is 96.0 Å². The normalized spacial score (nSPS) is 19.6. The molecule has 84 valence electrons. The van der Waals surface area contributed by atoms with E-state index in [0.29, 0.717) is 11.3 Å². The number of nitrogens with one attached hydrogen (secondary N) is 1. The van der Waals surface area contributed by atoms with Crippen molar-refractivity contribution in [3.8, 4) is 0 Å². The van der Waals surface area contributed by atoms with Gasteiger partial charge in [-0.05, 0) is 37.1 Å². The fourth-order valence-corrected chi connectivity index (χ4v) is 2.78. The third kappa shape index (κ3) is 2.56. The molecule has 3 heteroatoms. The molecule has 1 aromatic rings. The zero-order chi connectivity index (χ0) is 10.7. The molecule has 0 aromatic carbocycles. The lowest BCUT2D eigenvalue weighted by atomic mass is 9.95. The molecule has 1 heterocycles.